The molecule has 1 fully saturated rings. The van der Waals surface area contributed by atoms with Gasteiger partial charge in [0.05, 0.1) is 17.2 Å². The van der Waals surface area contributed by atoms with Gasteiger partial charge in [0.2, 0.25) is 5.82 Å². The van der Waals surface area contributed by atoms with Crippen molar-refractivity contribution in [2.24, 2.45) is 0 Å². The number of piperidine rings is 1. The van der Waals surface area contributed by atoms with E-state index in [0.717, 1.165) is 24.0 Å². The SMILES string of the molecule is Cc1ccc(-c2nnn(C3CCN(C(=O)c4cccc5c4C(=O)N(C)C5)CC3)n2)cc1. The molecule has 3 heterocycles. The molecular formula is C23H24N6O2. The molecule has 2 aliphatic rings. The third kappa shape index (κ3) is 3.48. The third-order valence-corrected chi connectivity index (χ3v) is 6.17. The fourth-order valence-corrected chi connectivity index (χ4v) is 4.35. The zero-order valence-corrected chi connectivity index (χ0v) is 17.7. The van der Waals surface area contributed by atoms with Crippen molar-refractivity contribution < 1.29 is 9.59 Å². The number of fused-ring (bicyclic) bond motifs is 1. The molecule has 0 saturated carbocycles. The van der Waals surface area contributed by atoms with Gasteiger partial charge >= 0.3 is 0 Å². The third-order valence-electron chi connectivity index (χ3n) is 6.17. The lowest BCUT2D eigenvalue weighted by atomic mass is 10.00. The highest BCUT2D eigenvalue weighted by atomic mass is 16.2. The van der Waals surface area contributed by atoms with Crippen molar-refractivity contribution in [1.82, 2.24) is 30.0 Å². The van der Waals surface area contributed by atoms with E-state index in [2.05, 4.69) is 15.4 Å². The van der Waals surface area contributed by atoms with Crippen LogP contribution in [0.4, 0.5) is 0 Å². The van der Waals surface area contributed by atoms with Crippen LogP contribution in [0.25, 0.3) is 11.4 Å². The van der Waals surface area contributed by atoms with Gasteiger partial charge in [-0.2, -0.15) is 4.80 Å². The van der Waals surface area contributed by atoms with E-state index in [4.69, 9.17) is 0 Å². The number of tetrazole rings is 1. The number of carbonyl (C=O) groups is 2. The van der Waals surface area contributed by atoms with Crippen molar-refractivity contribution >= 4 is 11.8 Å². The normalized spacial score (nSPS) is 16.6. The average molecular weight is 416 g/mol. The maximum absolute atomic E-state index is 13.2. The van der Waals surface area contributed by atoms with Gasteiger partial charge in [-0.05, 0) is 36.6 Å². The molecule has 0 spiro atoms. The number of amides is 2. The number of hydrogen-bond acceptors (Lipinski definition) is 5. The number of aromatic nitrogens is 4. The van der Waals surface area contributed by atoms with Crippen LogP contribution in [0.3, 0.4) is 0 Å². The van der Waals surface area contributed by atoms with Gasteiger partial charge in [0.15, 0.2) is 0 Å². The Balaban J connectivity index is 1.28. The molecular weight excluding hydrogens is 392 g/mol. The smallest absolute Gasteiger partial charge is 0.255 e. The van der Waals surface area contributed by atoms with Gasteiger partial charge in [0.25, 0.3) is 11.8 Å². The lowest BCUT2D eigenvalue weighted by Crippen LogP contribution is -2.40. The molecule has 0 radical (unpaired) electrons. The Labute approximate surface area is 180 Å². The van der Waals surface area contributed by atoms with Crippen LogP contribution in [0.2, 0.25) is 0 Å². The van der Waals surface area contributed by atoms with Crippen molar-refractivity contribution in [2.45, 2.75) is 32.4 Å². The van der Waals surface area contributed by atoms with Gasteiger partial charge in [0, 0.05) is 32.2 Å². The van der Waals surface area contributed by atoms with Gasteiger partial charge in [0.1, 0.15) is 0 Å². The number of hydrogen-bond donors (Lipinski definition) is 0. The Bertz CT molecular complexity index is 1150. The minimum absolute atomic E-state index is 0.0779. The fourth-order valence-electron chi connectivity index (χ4n) is 4.35. The molecule has 31 heavy (non-hydrogen) atoms. The van der Waals surface area contributed by atoms with Crippen molar-refractivity contribution in [3.8, 4) is 11.4 Å². The van der Waals surface area contributed by atoms with Gasteiger partial charge in [-0.3, -0.25) is 9.59 Å². The summed E-state index contributed by atoms with van der Waals surface area (Å²) in [4.78, 5) is 30.8. The quantitative estimate of drug-likeness (QED) is 0.656. The second-order valence-electron chi connectivity index (χ2n) is 8.32. The molecule has 2 aromatic carbocycles. The molecule has 0 bridgehead atoms. The lowest BCUT2D eigenvalue weighted by molar-refractivity contribution is 0.0674. The number of rotatable bonds is 3. The summed E-state index contributed by atoms with van der Waals surface area (Å²) < 4.78 is 0. The fraction of sp³-hybridized carbons (Fsp3) is 0.348. The lowest BCUT2D eigenvalue weighted by Gasteiger charge is -2.31. The molecule has 2 aliphatic heterocycles. The average Bonchev–Trinajstić information content (AvgIpc) is 3.39. The van der Waals surface area contributed by atoms with E-state index in [9.17, 15) is 9.59 Å². The van der Waals surface area contributed by atoms with E-state index in [1.165, 1.54) is 5.56 Å². The summed E-state index contributed by atoms with van der Waals surface area (Å²) in [7, 11) is 1.76. The molecule has 0 N–H and O–H groups in total. The Morgan fingerprint density at radius 1 is 1.06 bits per heavy atom. The summed E-state index contributed by atoms with van der Waals surface area (Å²) in [5.41, 5.74) is 4.11. The van der Waals surface area contributed by atoms with E-state index in [1.807, 2.05) is 48.2 Å². The van der Waals surface area contributed by atoms with Crippen LogP contribution in [-0.4, -0.2) is 62.0 Å². The molecule has 5 rings (SSSR count). The monoisotopic (exact) mass is 416 g/mol. The first-order chi connectivity index (χ1) is 15.0. The molecule has 1 saturated heterocycles. The zero-order valence-electron chi connectivity index (χ0n) is 17.7. The molecule has 3 aromatic rings. The van der Waals surface area contributed by atoms with Crippen molar-refractivity contribution in [2.75, 3.05) is 20.1 Å². The van der Waals surface area contributed by atoms with E-state index in [1.54, 1.807) is 22.8 Å². The van der Waals surface area contributed by atoms with Crippen LogP contribution in [0, 0.1) is 6.92 Å². The van der Waals surface area contributed by atoms with Crippen LogP contribution in [0.15, 0.2) is 42.5 Å². The highest BCUT2D eigenvalue weighted by Gasteiger charge is 2.33. The molecule has 2 amide bonds. The van der Waals surface area contributed by atoms with E-state index in [-0.39, 0.29) is 17.9 Å². The van der Waals surface area contributed by atoms with Crippen LogP contribution in [0.1, 0.15) is 50.7 Å². The van der Waals surface area contributed by atoms with Gasteiger partial charge in [-0.1, -0.05) is 42.0 Å². The number of likely N-dealkylation sites (tertiary alicyclic amines) is 1. The Hall–Kier alpha value is -3.55. The first-order valence-corrected chi connectivity index (χ1v) is 10.5. The summed E-state index contributed by atoms with van der Waals surface area (Å²) in [6.07, 6.45) is 1.50. The highest BCUT2D eigenvalue weighted by molar-refractivity contribution is 6.09. The maximum atomic E-state index is 13.2. The number of carbonyl (C=O) groups excluding carboxylic acids is 2. The standard InChI is InChI=1S/C23H24N6O2/c1-15-6-8-16(9-7-15)21-24-26-29(25-21)18-10-12-28(13-11-18)22(30)19-5-3-4-17-14-27(2)23(31)20(17)19/h3-9,18H,10-14H2,1-2H3. The Morgan fingerprint density at radius 3 is 2.55 bits per heavy atom. The molecule has 158 valence electrons. The Morgan fingerprint density at radius 2 is 1.81 bits per heavy atom. The molecule has 0 atom stereocenters. The maximum Gasteiger partial charge on any atom is 0.255 e. The summed E-state index contributed by atoms with van der Waals surface area (Å²) in [6, 6.07) is 13.7. The van der Waals surface area contributed by atoms with Crippen LogP contribution in [0.5, 0.6) is 0 Å². The summed E-state index contributed by atoms with van der Waals surface area (Å²) >= 11 is 0. The summed E-state index contributed by atoms with van der Waals surface area (Å²) in [5, 5.41) is 13.0. The molecule has 0 unspecified atom stereocenters. The van der Waals surface area contributed by atoms with E-state index < -0.39 is 0 Å². The van der Waals surface area contributed by atoms with Gasteiger partial charge in [-0.15, -0.1) is 10.2 Å². The molecule has 8 heteroatoms. The molecule has 8 nitrogen and oxygen atoms in total. The number of nitrogens with zero attached hydrogens (tertiary/aromatic N) is 6. The Kier molecular flexibility index (Phi) is 4.77. The second-order valence-corrected chi connectivity index (χ2v) is 8.32. The summed E-state index contributed by atoms with van der Waals surface area (Å²) in [6.45, 7) is 3.79. The summed E-state index contributed by atoms with van der Waals surface area (Å²) in [5.74, 6) is 0.455. The number of benzene rings is 2. The number of aryl methyl sites for hydroxylation is 1. The first kappa shape index (κ1) is 19.4. The highest BCUT2D eigenvalue weighted by Crippen LogP contribution is 2.28. The largest absolute Gasteiger partial charge is 0.338 e. The minimum atomic E-state index is -0.0794. The van der Waals surface area contributed by atoms with Crippen LogP contribution < -0.4 is 0 Å². The van der Waals surface area contributed by atoms with E-state index >= 15 is 0 Å². The van der Waals surface area contributed by atoms with Crippen molar-refractivity contribution in [1.29, 1.82) is 0 Å². The predicted octanol–water partition coefficient (Wildman–Crippen LogP) is 2.71. The van der Waals surface area contributed by atoms with Gasteiger partial charge < -0.3 is 9.80 Å². The van der Waals surface area contributed by atoms with Crippen LogP contribution in [-0.2, 0) is 6.54 Å². The van der Waals surface area contributed by atoms with Crippen LogP contribution >= 0.6 is 0 Å². The van der Waals surface area contributed by atoms with Crippen molar-refractivity contribution in [3.63, 3.8) is 0 Å². The van der Waals surface area contributed by atoms with Crippen molar-refractivity contribution in [3.05, 3.63) is 64.7 Å². The topological polar surface area (TPSA) is 84.2 Å². The van der Waals surface area contributed by atoms with Gasteiger partial charge in [-0.25, -0.2) is 0 Å². The zero-order chi connectivity index (χ0) is 21.5. The molecule has 0 aliphatic carbocycles. The minimum Gasteiger partial charge on any atom is -0.338 e. The predicted molar refractivity (Wildman–Crippen MR) is 114 cm³/mol. The van der Waals surface area contributed by atoms with E-state index in [0.29, 0.717) is 36.6 Å². The second kappa shape index (κ2) is 7.61. The first-order valence-electron chi connectivity index (χ1n) is 10.5. The molecule has 1 aromatic heterocycles.